The van der Waals surface area contributed by atoms with Gasteiger partial charge in [0.15, 0.2) is 5.75 Å². The van der Waals surface area contributed by atoms with Gasteiger partial charge < -0.3 is 18.6 Å². The summed E-state index contributed by atoms with van der Waals surface area (Å²) in [5.74, 6) is 3.51. The van der Waals surface area contributed by atoms with E-state index in [0.29, 0.717) is 0 Å². The molecule has 0 amide bonds. The molecular weight excluding hydrogens is 649 g/mol. The molecule has 0 radical (unpaired) electrons. The van der Waals surface area contributed by atoms with Crippen molar-refractivity contribution in [1.82, 2.24) is 9.13 Å². The van der Waals surface area contributed by atoms with Gasteiger partial charge in [0, 0.05) is 55.6 Å². The summed E-state index contributed by atoms with van der Waals surface area (Å²) in [7, 11) is 0. The van der Waals surface area contributed by atoms with Crippen LogP contribution in [-0.2, 0) is 5.41 Å². The van der Waals surface area contributed by atoms with Gasteiger partial charge >= 0.3 is 0 Å². The van der Waals surface area contributed by atoms with E-state index in [0.717, 1.165) is 74.9 Å². The van der Waals surface area contributed by atoms with Crippen LogP contribution in [0.5, 0.6) is 17.2 Å². The first-order valence-corrected chi connectivity index (χ1v) is 18.4. The maximum Gasteiger partial charge on any atom is 0.156 e. The van der Waals surface area contributed by atoms with Gasteiger partial charge in [0.25, 0.3) is 0 Å². The fourth-order valence-corrected chi connectivity index (χ4v) is 9.58. The van der Waals surface area contributed by atoms with Crippen molar-refractivity contribution >= 4 is 43.6 Å². The zero-order valence-corrected chi connectivity index (χ0v) is 28.8. The first-order chi connectivity index (χ1) is 26.3. The van der Waals surface area contributed by atoms with E-state index in [1.54, 1.807) is 0 Å². The molecule has 0 N–H and O–H groups in total. The Bertz CT molecular complexity index is 2980. The highest BCUT2D eigenvalue weighted by Crippen LogP contribution is 2.62. The van der Waals surface area contributed by atoms with E-state index in [2.05, 4.69) is 179 Å². The van der Waals surface area contributed by atoms with Crippen molar-refractivity contribution in [3.8, 4) is 28.6 Å². The highest BCUT2D eigenvalue weighted by atomic mass is 16.5. The molecule has 7 aromatic carbocycles. The Balaban J connectivity index is 1.18. The largest absolute Gasteiger partial charge is 0.457 e. The zero-order valence-electron chi connectivity index (χ0n) is 28.8. The lowest BCUT2D eigenvalue weighted by atomic mass is 9.60. The average Bonchev–Trinajstić information content (AvgIpc) is 3.73. The fourth-order valence-electron chi connectivity index (χ4n) is 9.58. The maximum atomic E-state index is 7.15. The predicted molar refractivity (Wildman–Crippen MR) is 214 cm³/mol. The van der Waals surface area contributed by atoms with E-state index in [-0.39, 0.29) is 0 Å². The van der Waals surface area contributed by atoms with Crippen molar-refractivity contribution in [3.63, 3.8) is 0 Å². The molecular formula is C49H32N2O2. The van der Waals surface area contributed by atoms with Gasteiger partial charge in [-0.3, -0.25) is 0 Å². The fraction of sp³-hybridized carbons (Fsp3) is 0.0612. The number of nitrogens with zero attached hydrogens (tertiary/aromatic N) is 2. The third kappa shape index (κ3) is 3.74. The monoisotopic (exact) mass is 680 g/mol. The quantitative estimate of drug-likeness (QED) is 0.182. The highest BCUT2D eigenvalue weighted by molar-refractivity contribution is 6.10. The van der Waals surface area contributed by atoms with Crippen LogP contribution < -0.4 is 9.47 Å². The summed E-state index contributed by atoms with van der Waals surface area (Å²) in [6.07, 6.45) is 6.56. The lowest BCUT2D eigenvalue weighted by molar-refractivity contribution is 0.362. The maximum absolute atomic E-state index is 7.15. The molecule has 4 heteroatoms. The summed E-state index contributed by atoms with van der Waals surface area (Å²) in [5.41, 5.74) is 10.6. The number of ether oxygens (including phenoxy) is 2. The summed E-state index contributed by atoms with van der Waals surface area (Å²) in [5, 5.41) is 4.93. The molecule has 250 valence electrons. The summed E-state index contributed by atoms with van der Waals surface area (Å²) in [4.78, 5) is 0. The molecule has 53 heavy (non-hydrogen) atoms. The zero-order chi connectivity index (χ0) is 34.7. The molecule has 1 atom stereocenters. The summed E-state index contributed by atoms with van der Waals surface area (Å²) < 4.78 is 18.9. The SMILES string of the molecule is C1=C2Oc3c(-n4c5ccccc5c5ccccc54)cccc3C3(C2=CCC1)c1ccccc1Oc1cc(-n2c4ccccc4c4ccccc42)ccc13. The third-order valence-corrected chi connectivity index (χ3v) is 11.7. The van der Waals surface area contributed by atoms with E-state index < -0.39 is 5.41 Å². The van der Waals surface area contributed by atoms with E-state index in [4.69, 9.17) is 9.47 Å². The van der Waals surface area contributed by atoms with Gasteiger partial charge in [0.05, 0.1) is 33.2 Å². The van der Waals surface area contributed by atoms with Crippen LogP contribution in [0.2, 0.25) is 0 Å². The van der Waals surface area contributed by atoms with Crippen molar-refractivity contribution in [3.05, 3.63) is 198 Å². The minimum Gasteiger partial charge on any atom is -0.457 e. The number of allylic oxidation sites excluding steroid dienone is 3. The highest BCUT2D eigenvalue weighted by Gasteiger charge is 2.53. The Morgan fingerprint density at radius 1 is 0.434 bits per heavy atom. The first kappa shape index (κ1) is 28.9. The molecule has 1 unspecified atom stereocenters. The van der Waals surface area contributed by atoms with Crippen molar-refractivity contribution in [1.29, 1.82) is 0 Å². The molecule has 4 heterocycles. The van der Waals surface area contributed by atoms with E-state index in [1.165, 1.54) is 38.2 Å². The molecule has 4 nitrogen and oxygen atoms in total. The standard InChI is InChI=1S/C49H32N2O2/c1-7-21-40-32(14-1)33-15-2-8-22-41(33)50(40)31-28-29-38-47(30-31)52-45-26-11-5-18-36(45)49(38)37-19-6-12-27-46(37)53-48-39(49)20-13-25-44(48)51-42-23-9-3-16-34(42)35-17-4-10-24-43(35)51/h1-5,7-11,13-30H,6,12H2. The van der Waals surface area contributed by atoms with Crippen LogP contribution in [-0.4, -0.2) is 9.13 Å². The molecule has 0 saturated carbocycles. The molecule has 0 saturated heterocycles. The van der Waals surface area contributed by atoms with Gasteiger partial charge in [-0.05, 0) is 61.4 Å². The van der Waals surface area contributed by atoms with Crippen LogP contribution in [0.3, 0.4) is 0 Å². The van der Waals surface area contributed by atoms with Gasteiger partial charge in [-0.2, -0.15) is 0 Å². The van der Waals surface area contributed by atoms with Crippen molar-refractivity contribution in [2.75, 3.05) is 0 Å². The van der Waals surface area contributed by atoms with Gasteiger partial charge in [0.1, 0.15) is 17.3 Å². The number of aromatic nitrogens is 2. The number of hydrogen-bond acceptors (Lipinski definition) is 2. The Labute approximate surface area is 306 Å². The van der Waals surface area contributed by atoms with E-state index in [9.17, 15) is 0 Å². The molecule has 3 aliphatic rings. The molecule has 12 rings (SSSR count). The molecule has 0 fully saturated rings. The van der Waals surface area contributed by atoms with Crippen LogP contribution >= 0.6 is 0 Å². The van der Waals surface area contributed by atoms with Crippen molar-refractivity contribution in [2.24, 2.45) is 0 Å². The minimum atomic E-state index is -0.669. The second kappa shape index (κ2) is 10.6. The van der Waals surface area contributed by atoms with Gasteiger partial charge in [-0.1, -0.05) is 115 Å². The molecule has 0 bridgehead atoms. The number of benzene rings is 7. The Kier molecular flexibility index (Phi) is 5.79. The van der Waals surface area contributed by atoms with Crippen LogP contribution in [0.4, 0.5) is 0 Å². The number of fused-ring (bicyclic) bond motifs is 14. The summed E-state index contributed by atoms with van der Waals surface area (Å²) in [6.45, 7) is 0. The second-order valence-electron chi connectivity index (χ2n) is 14.3. The number of rotatable bonds is 2. The second-order valence-corrected chi connectivity index (χ2v) is 14.3. The predicted octanol–water partition coefficient (Wildman–Crippen LogP) is 12.3. The van der Waals surface area contributed by atoms with E-state index >= 15 is 0 Å². The lowest BCUT2D eigenvalue weighted by Crippen LogP contribution is -2.40. The van der Waals surface area contributed by atoms with Gasteiger partial charge in [0.2, 0.25) is 0 Å². The Morgan fingerprint density at radius 2 is 0.981 bits per heavy atom. The van der Waals surface area contributed by atoms with Crippen molar-refractivity contribution < 1.29 is 9.47 Å². The lowest BCUT2D eigenvalue weighted by Gasteiger charge is -2.47. The Morgan fingerprint density at radius 3 is 1.66 bits per heavy atom. The van der Waals surface area contributed by atoms with Crippen LogP contribution in [0.25, 0.3) is 55.0 Å². The normalized spacial score (nSPS) is 17.1. The molecule has 2 aromatic heterocycles. The number of hydrogen-bond donors (Lipinski definition) is 0. The molecule has 2 aliphatic heterocycles. The van der Waals surface area contributed by atoms with Gasteiger partial charge in [-0.25, -0.2) is 0 Å². The topological polar surface area (TPSA) is 28.3 Å². The van der Waals surface area contributed by atoms with Crippen LogP contribution in [0.15, 0.2) is 181 Å². The van der Waals surface area contributed by atoms with Crippen molar-refractivity contribution in [2.45, 2.75) is 18.3 Å². The minimum absolute atomic E-state index is 0.669. The summed E-state index contributed by atoms with van der Waals surface area (Å²) in [6, 6.07) is 56.8. The molecule has 1 spiro atoms. The average molecular weight is 681 g/mol. The van der Waals surface area contributed by atoms with Crippen LogP contribution in [0.1, 0.15) is 29.5 Å². The smallest absolute Gasteiger partial charge is 0.156 e. The molecule has 9 aromatic rings. The summed E-state index contributed by atoms with van der Waals surface area (Å²) >= 11 is 0. The van der Waals surface area contributed by atoms with Crippen LogP contribution in [0, 0.1) is 0 Å². The van der Waals surface area contributed by atoms with Gasteiger partial charge in [-0.15, -0.1) is 0 Å². The first-order valence-electron chi connectivity index (χ1n) is 18.4. The molecule has 1 aliphatic carbocycles. The third-order valence-electron chi connectivity index (χ3n) is 11.7. The van der Waals surface area contributed by atoms with E-state index in [1.807, 2.05) is 0 Å². The number of para-hydroxylation sites is 6. The Hall–Kier alpha value is -6.78.